The molecule has 0 aromatic heterocycles. The molecule has 4 nitrogen and oxygen atoms in total. The van der Waals surface area contributed by atoms with Crippen LogP contribution in [0.1, 0.15) is 11.1 Å². The van der Waals surface area contributed by atoms with Crippen LogP contribution in [0, 0.1) is 6.92 Å². The first-order chi connectivity index (χ1) is 12.5. The van der Waals surface area contributed by atoms with Gasteiger partial charge in [0, 0.05) is 5.56 Å². The van der Waals surface area contributed by atoms with Crippen molar-refractivity contribution in [2.24, 2.45) is 0 Å². The van der Waals surface area contributed by atoms with Crippen molar-refractivity contribution in [2.75, 3.05) is 26.0 Å². The fourth-order valence-corrected chi connectivity index (χ4v) is 3.15. The molecule has 0 radical (unpaired) electrons. The van der Waals surface area contributed by atoms with Crippen LogP contribution in [0.25, 0.3) is 10.8 Å². The van der Waals surface area contributed by atoms with E-state index in [9.17, 15) is 4.79 Å². The summed E-state index contributed by atoms with van der Waals surface area (Å²) in [5.41, 5.74) is 3.02. The van der Waals surface area contributed by atoms with Crippen LogP contribution in [0.15, 0.2) is 60.7 Å². The highest BCUT2D eigenvalue weighted by molar-refractivity contribution is 5.93. The number of methoxy groups -OCH3 is 1. The average Bonchev–Trinajstić information content (AvgIpc) is 2.61. The third kappa shape index (κ3) is 4.41. The zero-order valence-corrected chi connectivity index (χ0v) is 15.5. The molecule has 1 unspecified atom stereocenters. The van der Waals surface area contributed by atoms with Crippen LogP contribution in [0.5, 0.6) is 5.75 Å². The van der Waals surface area contributed by atoms with Crippen molar-refractivity contribution in [2.45, 2.75) is 13.5 Å². The molecule has 0 bridgehead atoms. The summed E-state index contributed by atoms with van der Waals surface area (Å²) in [6, 6.07) is 20.5. The molecule has 3 rings (SSSR count). The number of amides is 1. The van der Waals surface area contributed by atoms with Crippen molar-refractivity contribution in [3.8, 4) is 5.75 Å². The molecule has 0 aliphatic heterocycles. The van der Waals surface area contributed by atoms with Gasteiger partial charge in [0.1, 0.15) is 12.3 Å². The number of quaternary nitrogens is 1. The Bertz CT molecular complexity index is 921. The van der Waals surface area contributed by atoms with Crippen LogP contribution >= 0.6 is 0 Å². The Morgan fingerprint density at radius 3 is 2.58 bits per heavy atom. The lowest BCUT2D eigenvalue weighted by Crippen LogP contribution is -3.08. The van der Waals surface area contributed by atoms with Crippen LogP contribution in [0.4, 0.5) is 5.69 Å². The summed E-state index contributed by atoms with van der Waals surface area (Å²) in [5.74, 6) is 0.656. The monoisotopic (exact) mass is 349 g/mol. The summed E-state index contributed by atoms with van der Waals surface area (Å²) in [4.78, 5) is 13.5. The molecule has 134 valence electrons. The third-order valence-electron chi connectivity index (χ3n) is 4.41. The molecule has 0 aliphatic rings. The molecule has 0 spiro atoms. The van der Waals surface area contributed by atoms with Crippen molar-refractivity contribution in [3.05, 3.63) is 71.8 Å². The van der Waals surface area contributed by atoms with Gasteiger partial charge in [-0.1, -0.05) is 42.5 Å². The SMILES string of the molecule is COc1ccc(C)cc1NC(=O)C[NH+](C)Cc1ccc2ccccc2c1. The van der Waals surface area contributed by atoms with E-state index >= 15 is 0 Å². The van der Waals surface area contributed by atoms with Crippen LogP contribution in [-0.2, 0) is 11.3 Å². The van der Waals surface area contributed by atoms with E-state index < -0.39 is 0 Å². The summed E-state index contributed by atoms with van der Waals surface area (Å²) >= 11 is 0. The zero-order valence-electron chi connectivity index (χ0n) is 15.5. The summed E-state index contributed by atoms with van der Waals surface area (Å²) in [7, 11) is 3.64. The van der Waals surface area contributed by atoms with E-state index in [1.165, 1.54) is 16.3 Å². The topological polar surface area (TPSA) is 42.8 Å². The molecule has 1 amide bonds. The Hall–Kier alpha value is -2.85. The lowest BCUT2D eigenvalue weighted by Gasteiger charge is -2.15. The summed E-state index contributed by atoms with van der Waals surface area (Å²) in [6.07, 6.45) is 0. The molecule has 0 saturated heterocycles. The largest absolute Gasteiger partial charge is 0.495 e. The lowest BCUT2D eigenvalue weighted by molar-refractivity contribution is -0.885. The van der Waals surface area contributed by atoms with E-state index in [1.807, 2.05) is 44.3 Å². The predicted molar refractivity (Wildman–Crippen MR) is 106 cm³/mol. The van der Waals surface area contributed by atoms with Gasteiger partial charge in [-0.2, -0.15) is 0 Å². The third-order valence-corrected chi connectivity index (χ3v) is 4.41. The first kappa shape index (κ1) is 18.0. The Labute approximate surface area is 154 Å². The fraction of sp³-hybridized carbons (Fsp3) is 0.227. The number of rotatable bonds is 6. The van der Waals surface area contributed by atoms with E-state index in [1.54, 1.807) is 7.11 Å². The van der Waals surface area contributed by atoms with Gasteiger partial charge in [-0.05, 0) is 41.5 Å². The molecule has 3 aromatic carbocycles. The number of hydrogen-bond donors (Lipinski definition) is 2. The van der Waals surface area contributed by atoms with Crippen molar-refractivity contribution >= 4 is 22.4 Å². The van der Waals surface area contributed by atoms with E-state index in [0.717, 1.165) is 22.7 Å². The molecule has 4 heteroatoms. The summed E-state index contributed by atoms with van der Waals surface area (Å²) in [6.45, 7) is 3.18. The smallest absolute Gasteiger partial charge is 0.279 e. The molecule has 2 N–H and O–H groups in total. The first-order valence-corrected chi connectivity index (χ1v) is 8.78. The van der Waals surface area contributed by atoms with E-state index in [-0.39, 0.29) is 5.91 Å². The number of fused-ring (bicyclic) bond motifs is 1. The highest BCUT2D eigenvalue weighted by Gasteiger charge is 2.13. The van der Waals surface area contributed by atoms with Gasteiger partial charge in [0.25, 0.3) is 5.91 Å². The molecule has 1 atom stereocenters. The Morgan fingerprint density at radius 2 is 1.81 bits per heavy atom. The molecular formula is C22H25N2O2+. The maximum Gasteiger partial charge on any atom is 0.279 e. The maximum absolute atomic E-state index is 12.4. The molecular weight excluding hydrogens is 324 g/mol. The van der Waals surface area contributed by atoms with Crippen LogP contribution in [0.2, 0.25) is 0 Å². The summed E-state index contributed by atoms with van der Waals surface area (Å²) < 4.78 is 5.32. The van der Waals surface area contributed by atoms with Crippen molar-refractivity contribution < 1.29 is 14.4 Å². The molecule has 26 heavy (non-hydrogen) atoms. The Balaban J connectivity index is 1.62. The van der Waals surface area contributed by atoms with Gasteiger partial charge in [0.2, 0.25) is 0 Å². The minimum atomic E-state index is -0.0211. The number of benzene rings is 3. The van der Waals surface area contributed by atoms with Gasteiger partial charge in [0.05, 0.1) is 19.8 Å². The minimum Gasteiger partial charge on any atom is -0.495 e. The van der Waals surface area contributed by atoms with Gasteiger partial charge in [-0.3, -0.25) is 4.79 Å². The lowest BCUT2D eigenvalue weighted by atomic mass is 10.1. The highest BCUT2D eigenvalue weighted by atomic mass is 16.5. The number of likely N-dealkylation sites (N-methyl/N-ethyl adjacent to an activating group) is 1. The number of carbonyl (C=O) groups excluding carboxylic acids is 1. The highest BCUT2D eigenvalue weighted by Crippen LogP contribution is 2.24. The first-order valence-electron chi connectivity index (χ1n) is 8.78. The van der Waals surface area contributed by atoms with Gasteiger partial charge in [0.15, 0.2) is 6.54 Å². The van der Waals surface area contributed by atoms with Crippen LogP contribution < -0.4 is 15.0 Å². The van der Waals surface area contributed by atoms with Crippen LogP contribution in [0.3, 0.4) is 0 Å². The maximum atomic E-state index is 12.4. The van der Waals surface area contributed by atoms with E-state index in [4.69, 9.17) is 4.74 Å². The molecule has 0 heterocycles. The number of ether oxygens (including phenoxy) is 1. The van der Waals surface area contributed by atoms with Crippen LogP contribution in [-0.4, -0.2) is 26.6 Å². The number of aryl methyl sites for hydroxylation is 1. The molecule has 0 saturated carbocycles. The molecule has 0 aliphatic carbocycles. The van der Waals surface area contributed by atoms with Gasteiger partial charge in [-0.15, -0.1) is 0 Å². The number of carbonyl (C=O) groups is 1. The zero-order chi connectivity index (χ0) is 18.5. The Morgan fingerprint density at radius 1 is 1.04 bits per heavy atom. The quantitative estimate of drug-likeness (QED) is 0.719. The van der Waals surface area contributed by atoms with Gasteiger partial charge < -0.3 is 15.0 Å². The Kier molecular flexibility index (Phi) is 5.54. The minimum absolute atomic E-state index is 0.0211. The number of anilines is 1. The molecule has 3 aromatic rings. The molecule has 0 fully saturated rings. The average molecular weight is 349 g/mol. The normalized spacial score (nSPS) is 12.0. The fourth-order valence-electron chi connectivity index (χ4n) is 3.15. The standard InChI is InChI=1S/C22H24N2O2/c1-16-8-11-21(26-3)20(12-16)23-22(25)15-24(2)14-17-9-10-18-6-4-5-7-19(18)13-17/h4-13H,14-15H2,1-3H3,(H,23,25)/p+1. The van der Waals surface area contributed by atoms with Crippen molar-refractivity contribution in [1.29, 1.82) is 0 Å². The number of hydrogen-bond acceptors (Lipinski definition) is 2. The van der Waals surface area contributed by atoms with Crippen molar-refractivity contribution in [3.63, 3.8) is 0 Å². The van der Waals surface area contributed by atoms with E-state index in [0.29, 0.717) is 12.3 Å². The number of nitrogens with one attached hydrogen (secondary N) is 2. The second kappa shape index (κ2) is 8.02. The van der Waals surface area contributed by atoms with Crippen molar-refractivity contribution in [1.82, 2.24) is 0 Å². The summed E-state index contributed by atoms with van der Waals surface area (Å²) in [5, 5.41) is 5.43. The second-order valence-electron chi connectivity index (χ2n) is 6.74. The predicted octanol–water partition coefficient (Wildman–Crippen LogP) is 2.81. The second-order valence-corrected chi connectivity index (χ2v) is 6.74. The van der Waals surface area contributed by atoms with E-state index in [2.05, 4.69) is 35.6 Å². The van der Waals surface area contributed by atoms with Gasteiger partial charge in [-0.25, -0.2) is 0 Å². The van der Waals surface area contributed by atoms with Gasteiger partial charge >= 0.3 is 0 Å².